The molecule has 6 heteroatoms. The Morgan fingerprint density at radius 1 is 1.43 bits per heavy atom. The maximum Gasteiger partial charge on any atom is 0.263 e. The summed E-state index contributed by atoms with van der Waals surface area (Å²) in [6, 6.07) is 3.20. The van der Waals surface area contributed by atoms with E-state index >= 15 is 0 Å². The largest absolute Gasteiger partial charge is 0.493 e. The van der Waals surface area contributed by atoms with Crippen LogP contribution in [0.2, 0.25) is 5.02 Å². The van der Waals surface area contributed by atoms with Crippen LogP contribution in [0.1, 0.15) is 25.3 Å². The fraction of sp³-hybridized carbons (Fsp3) is 0.533. The molecule has 116 valence electrons. The van der Waals surface area contributed by atoms with Crippen LogP contribution in [-0.4, -0.2) is 42.2 Å². The van der Waals surface area contributed by atoms with E-state index in [9.17, 15) is 9.90 Å². The minimum atomic E-state index is -0.636. The number of amides is 1. The zero-order chi connectivity index (χ0) is 15.4. The first-order valence-corrected chi connectivity index (χ1v) is 7.37. The van der Waals surface area contributed by atoms with E-state index in [0.29, 0.717) is 22.1 Å². The van der Waals surface area contributed by atoms with Gasteiger partial charge >= 0.3 is 0 Å². The van der Waals surface area contributed by atoms with Crippen LogP contribution in [0.5, 0.6) is 11.5 Å². The first-order chi connectivity index (χ1) is 10.1. The van der Waals surface area contributed by atoms with E-state index in [1.807, 2.05) is 0 Å². The minimum Gasteiger partial charge on any atom is -0.493 e. The fourth-order valence-electron chi connectivity index (χ4n) is 2.45. The van der Waals surface area contributed by atoms with Crippen molar-refractivity contribution >= 4 is 17.5 Å². The predicted molar refractivity (Wildman–Crippen MR) is 79.8 cm³/mol. The number of rotatable bonds is 5. The molecule has 1 N–H and O–H groups in total. The molecule has 0 radical (unpaired) electrons. The summed E-state index contributed by atoms with van der Waals surface area (Å²) in [6.45, 7) is 3.01. The van der Waals surface area contributed by atoms with Crippen molar-refractivity contribution in [3.63, 3.8) is 0 Å². The van der Waals surface area contributed by atoms with Gasteiger partial charge in [-0.05, 0) is 25.8 Å². The normalized spacial score (nSPS) is 15.9. The number of methoxy groups -OCH3 is 1. The molecule has 1 unspecified atom stereocenters. The molecule has 0 saturated carbocycles. The van der Waals surface area contributed by atoms with Crippen molar-refractivity contribution in [2.45, 2.75) is 32.5 Å². The highest BCUT2D eigenvalue weighted by Crippen LogP contribution is 2.35. The molecule has 1 aromatic rings. The third-order valence-electron chi connectivity index (χ3n) is 3.55. The van der Waals surface area contributed by atoms with Crippen LogP contribution in [0, 0.1) is 0 Å². The van der Waals surface area contributed by atoms with Crippen molar-refractivity contribution < 1.29 is 19.4 Å². The highest BCUT2D eigenvalue weighted by Gasteiger charge is 2.26. The second-order valence-corrected chi connectivity index (χ2v) is 5.48. The third kappa shape index (κ3) is 3.60. The highest BCUT2D eigenvalue weighted by atomic mass is 35.5. The molecule has 1 heterocycles. The van der Waals surface area contributed by atoms with Crippen LogP contribution in [0.3, 0.4) is 0 Å². The zero-order valence-corrected chi connectivity index (χ0v) is 13.0. The molecule has 1 aromatic carbocycles. The van der Waals surface area contributed by atoms with Crippen LogP contribution in [-0.2, 0) is 11.4 Å². The van der Waals surface area contributed by atoms with Gasteiger partial charge in [0.1, 0.15) is 0 Å². The first-order valence-electron chi connectivity index (χ1n) is 6.99. The molecule has 1 amide bonds. The molecule has 0 aromatic heterocycles. The Hall–Kier alpha value is -1.46. The Balaban J connectivity index is 2.19. The number of carbonyl (C=O) groups is 1. The van der Waals surface area contributed by atoms with Gasteiger partial charge in [0.2, 0.25) is 0 Å². The third-order valence-corrected chi connectivity index (χ3v) is 3.77. The molecule has 1 aliphatic rings. The lowest BCUT2D eigenvalue weighted by atomic mass is 10.2. The lowest BCUT2D eigenvalue weighted by Gasteiger charge is -2.23. The smallest absolute Gasteiger partial charge is 0.263 e. The molecular formula is C15H20ClNO4. The number of aliphatic hydroxyl groups excluding tert-OH is 1. The summed E-state index contributed by atoms with van der Waals surface area (Å²) in [5.41, 5.74) is 0.500. The van der Waals surface area contributed by atoms with Gasteiger partial charge < -0.3 is 19.5 Å². The molecule has 2 rings (SSSR count). The van der Waals surface area contributed by atoms with Crippen LogP contribution in [0.4, 0.5) is 0 Å². The summed E-state index contributed by atoms with van der Waals surface area (Å²) in [6.07, 6.45) is 1.43. The van der Waals surface area contributed by atoms with Crippen molar-refractivity contribution in [2.24, 2.45) is 0 Å². The molecule has 1 fully saturated rings. The fourth-order valence-corrected chi connectivity index (χ4v) is 2.68. The van der Waals surface area contributed by atoms with Crippen molar-refractivity contribution in [1.29, 1.82) is 0 Å². The number of hydrogen-bond donors (Lipinski definition) is 1. The second kappa shape index (κ2) is 7.00. The second-order valence-electron chi connectivity index (χ2n) is 5.05. The number of benzene rings is 1. The van der Waals surface area contributed by atoms with E-state index in [-0.39, 0.29) is 12.5 Å². The van der Waals surface area contributed by atoms with Gasteiger partial charge in [-0.1, -0.05) is 11.6 Å². The Kier molecular flexibility index (Phi) is 5.31. The van der Waals surface area contributed by atoms with Gasteiger partial charge in [-0.15, -0.1) is 0 Å². The molecule has 5 nitrogen and oxygen atoms in total. The SMILES string of the molecule is COc1cc(Cl)cc(CO)c1OC(C)C(=O)N1CCCC1. The molecule has 0 spiro atoms. The minimum absolute atomic E-state index is 0.0478. The quantitative estimate of drug-likeness (QED) is 0.905. The van der Waals surface area contributed by atoms with Gasteiger partial charge in [-0.2, -0.15) is 0 Å². The Bertz CT molecular complexity index is 489. The maximum absolute atomic E-state index is 12.3. The van der Waals surface area contributed by atoms with E-state index < -0.39 is 6.10 Å². The summed E-state index contributed by atoms with van der Waals surface area (Å²) in [7, 11) is 1.49. The van der Waals surface area contributed by atoms with Gasteiger partial charge in [-0.3, -0.25) is 4.79 Å². The standard InChI is InChI=1S/C15H20ClNO4/c1-10(15(19)17-5-3-4-6-17)21-14-11(9-18)7-12(16)8-13(14)20-2/h7-8,10,18H,3-6,9H2,1-2H3. The maximum atomic E-state index is 12.3. The van der Waals surface area contributed by atoms with Gasteiger partial charge in [0.15, 0.2) is 17.6 Å². The average molecular weight is 314 g/mol. The summed E-state index contributed by atoms with van der Waals surface area (Å²) < 4.78 is 11.0. The van der Waals surface area contributed by atoms with Crippen LogP contribution < -0.4 is 9.47 Å². The number of halogens is 1. The topological polar surface area (TPSA) is 59.0 Å². The summed E-state index contributed by atoms with van der Waals surface area (Å²) in [4.78, 5) is 14.1. The van der Waals surface area contributed by atoms with Crippen molar-refractivity contribution in [3.05, 3.63) is 22.7 Å². The van der Waals surface area contributed by atoms with Crippen molar-refractivity contribution in [2.75, 3.05) is 20.2 Å². The molecule has 1 aliphatic heterocycles. The molecular weight excluding hydrogens is 294 g/mol. The number of hydrogen-bond acceptors (Lipinski definition) is 4. The van der Waals surface area contributed by atoms with Gasteiger partial charge in [0.05, 0.1) is 13.7 Å². The molecule has 21 heavy (non-hydrogen) atoms. The Morgan fingerprint density at radius 3 is 2.67 bits per heavy atom. The summed E-state index contributed by atoms with van der Waals surface area (Å²) >= 11 is 5.96. The molecule has 1 saturated heterocycles. The van der Waals surface area contributed by atoms with Crippen LogP contribution in [0.15, 0.2) is 12.1 Å². The number of aliphatic hydroxyl groups is 1. The monoisotopic (exact) mass is 313 g/mol. The van der Waals surface area contributed by atoms with Crippen molar-refractivity contribution in [1.82, 2.24) is 4.90 Å². The number of carbonyl (C=O) groups excluding carboxylic acids is 1. The lowest BCUT2D eigenvalue weighted by Crippen LogP contribution is -2.38. The van der Waals surface area contributed by atoms with E-state index in [0.717, 1.165) is 25.9 Å². The Labute approximate surface area is 129 Å². The average Bonchev–Trinajstić information content (AvgIpc) is 3.01. The zero-order valence-electron chi connectivity index (χ0n) is 12.3. The van der Waals surface area contributed by atoms with E-state index in [4.69, 9.17) is 21.1 Å². The van der Waals surface area contributed by atoms with E-state index in [2.05, 4.69) is 0 Å². The summed E-state index contributed by atoms with van der Waals surface area (Å²) in [5.74, 6) is 0.727. The predicted octanol–water partition coefficient (Wildman–Crippen LogP) is 2.23. The molecule has 1 atom stereocenters. The lowest BCUT2D eigenvalue weighted by molar-refractivity contribution is -0.136. The number of ether oxygens (including phenoxy) is 2. The van der Waals surface area contributed by atoms with E-state index in [1.165, 1.54) is 7.11 Å². The molecule has 0 bridgehead atoms. The first kappa shape index (κ1) is 15.9. The van der Waals surface area contributed by atoms with Crippen LogP contribution in [0.25, 0.3) is 0 Å². The van der Waals surface area contributed by atoms with Gasteiger partial charge in [0.25, 0.3) is 5.91 Å². The van der Waals surface area contributed by atoms with E-state index in [1.54, 1.807) is 24.0 Å². The Morgan fingerprint density at radius 2 is 2.10 bits per heavy atom. The number of likely N-dealkylation sites (tertiary alicyclic amines) is 1. The van der Waals surface area contributed by atoms with Gasteiger partial charge in [0, 0.05) is 29.7 Å². The molecule has 0 aliphatic carbocycles. The number of nitrogens with zero attached hydrogens (tertiary/aromatic N) is 1. The van der Waals surface area contributed by atoms with Gasteiger partial charge in [-0.25, -0.2) is 0 Å². The highest BCUT2D eigenvalue weighted by molar-refractivity contribution is 6.30. The summed E-state index contributed by atoms with van der Waals surface area (Å²) in [5, 5.41) is 9.88. The van der Waals surface area contributed by atoms with Crippen molar-refractivity contribution in [3.8, 4) is 11.5 Å². The van der Waals surface area contributed by atoms with Crippen LogP contribution >= 0.6 is 11.6 Å².